The molecule has 2 aromatic rings. The number of carbonyl (C=O) groups is 1. The summed E-state index contributed by atoms with van der Waals surface area (Å²) in [5, 5.41) is 4.84. The van der Waals surface area contributed by atoms with Gasteiger partial charge in [0.1, 0.15) is 0 Å². The highest BCUT2D eigenvalue weighted by molar-refractivity contribution is 8.03. The molecule has 0 bridgehead atoms. The Bertz CT molecular complexity index is 951. The lowest BCUT2D eigenvalue weighted by atomic mass is 10.0. The molecule has 146 valence electrons. The normalized spacial score (nSPS) is 19.9. The molecule has 1 aromatic heterocycles. The van der Waals surface area contributed by atoms with E-state index < -0.39 is 0 Å². The second-order valence-corrected chi connectivity index (χ2v) is 7.99. The fraction of sp³-hybridized carbons (Fsp3) is 0.364. The summed E-state index contributed by atoms with van der Waals surface area (Å²) >= 11 is 1.77. The van der Waals surface area contributed by atoms with Gasteiger partial charge in [0, 0.05) is 34.9 Å². The maximum absolute atomic E-state index is 13.3. The van der Waals surface area contributed by atoms with Crippen molar-refractivity contribution < 1.29 is 9.53 Å². The zero-order chi connectivity index (χ0) is 19.7. The maximum Gasteiger partial charge on any atom is 0.274 e. The van der Waals surface area contributed by atoms with Gasteiger partial charge >= 0.3 is 0 Å². The van der Waals surface area contributed by atoms with Gasteiger partial charge in [0.05, 0.1) is 24.6 Å². The maximum atomic E-state index is 13.3. The Hall–Kier alpha value is -2.31. The van der Waals surface area contributed by atoms with Gasteiger partial charge in [0.25, 0.3) is 5.91 Å². The molecule has 0 unspecified atom stereocenters. The minimum absolute atomic E-state index is 0.00499. The van der Waals surface area contributed by atoms with E-state index in [1.54, 1.807) is 11.8 Å². The van der Waals surface area contributed by atoms with Gasteiger partial charge in [-0.15, -0.1) is 11.8 Å². The first kappa shape index (κ1) is 19.0. The van der Waals surface area contributed by atoms with Crippen LogP contribution in [0.1, 0.15) is 41.2 Å². The van der Waals surface area contributed by atoms with Crippen molar-refractivity contribution in [3.8, 4) is 5.69 Å². The fourth-order valence-electron chi connectivity index (χ4n) is 3.69. The molecule has 2 aliphatic rings. The van der Waals surface area contributed by atoms with E-state index in [2.05, 4.69) is 50.3 Å². The number of aryl methyl sites for hydroxylation is 1. The Kier molecular flexibility index (Phi) is 5.42. The van der Waals surface area contributed by atoms with Crippen LogP contribution < -0.4 is 0 Å². The Morgan fingerprint density at radius 2 is 1.86 bits per heavy atom. The summed E-state index contributed by atoms with van der Waals surface area (Å²) < 4.78 is 7.35. The summed E-state index contributed by atoms with van der Waals surface area (Å²) in [6, 6.07) is 8.29. The number of fused-ring (bicyclic) bond motifs is 1. The number of hydrogen-bond donors (Lipinski definition) is 0. The molecule has 1 saturated heterocycles. The molecule has 0 spiro atoms. The molecule has 28 heavy (non-hydrogen) atoms. The predicted octanol–water partition coefficient (Wildman–Crippen LogP) is 4.21. The summed E-state index contributed by atoms with van der Waals surface area (Å²) in [6.45, 7) is 8.59. The Balaban J connectivity index is 1.87. The number of nitrogens with zero attached hydrogens (tertiary/aromatic N) is 3. The van der Waals surface area contributed by atoms with Crippen LogP contribution >= 0.6 is 11.8 Å². The molecule has 1 amide bonds. The summed E-state index contributed by atoms with van der Waals surface area (Å²) in [4.78, 5) is 16.4. The number of hydrogen-bond acceptors (Lipinski definition) is 4. The van der Waals surface area contributed by atoms with E-state index in [-0.39, 0.29) is 5.91 Å². The van der Waals surface area contributed by atoms with Crippen molar-refractivity contribution in [2.45, 2.75) is 26.5 Å². The van der Waals surface area contributed by atoms with Crippen LogP contribution in [0.3, 0.4) is 0 Å². The van der Waals surface area contributed by atoms with Gasteiger partial charge in [-0.1, -0.05) is 29.8 Å². The van der Waals surface area contributed by atoms with Crippen molar-refractivity contribution in [2.24, 2.45) is 0 Å². The summed E-state index contributed by atoms with van der Waals surface area (Å²) in [5.74, 6) is 0.759. The number of ether oxygens (including phenoxy) is 1. The molecule has 0 saturated carbocycles. The van der Waals surface area contributed by atoms with Crippen LogP contribution in [0.25, 0.3) is 11.3 Å². The first-order valence-corrected chi connectivity index (χ1v) is 10.6. The molecule has 0 aliphatic carbocycles. The van der Waals surface area contributed by atoms with Gasteiger partial charge in [0.15, 0.2) is 5.69 Å². The van der Waals surface area contributed by atoms with Gasteiger partial charge in [-0.25, -0.2) is 4.68 Å². The highest BCUT2D eigenvalue weighted by Gasteiger charge is 2.32. The number of benzene rings is 1. The molecule has 1 aromatic carbocycles. The molecule has 0 atom stereocenters. The van der Waals surface area contributed by atoms with Crippen LogP contribution in [0.2, 0.25) is 0 Å². The Morgan fingerprint density at radius 1 is 1.14 bits per heavy atom. The van der Waals surface area contributed by atoms with E-state index in [4.69, 9.17) is 9.84 Å². The van der Waals surface area contributed by atoms with Crippen LogP contribution in [-0.4, -0.2) is 46.9 Å². The third-order valence-corrected chi connectivity index (χ3v) is 6.41. The second kappa shape index (κ2) is 7.97. The van der Waals surface area contributed by atoms with E-state index in [0.717, 1.165) is 28.3 Å². The quantitative estimate of drug-likeness (QED) is 0.764. The lowest BCUT2D eigenvalue weighted by molar-refractivity contribution is 0.0298. The topological polar surface area (TPSA) is 47.4 Å². The Morgan fingerprint density at radius 3 is 2.50 bits per heavy atom. The zero-order valence-corrected chi connectivity index (χ0v) is 17.4. The lowest BCUT2D eigenvalue weighted by Gasteiger charge is -2.26. The van der Waals surface area contributed by atoms with Crippen molar-refractivity contribution in [1.29, 1.82) is 0 Å². The first-order valence-electron chi connectivity index (χ1n) is 9.66. The molecular weight excluding hydrogens is 370 g/mol. The third kappa shape index (κ3) is 3.31. The van der Waals surface area contributed by atoms with E-state index in [9.17, 15) is 4.79 Å². The smallest absolute Gasteiger partial charge is 0.274 e. The summed E-state index contributed by atoms with van der Waals surface area (Å²) in [7, 11) is 0. The molecule has 0 N–H and O–H groups in total. The van der Waals surface area contributed by atoms with Crippen molar-refractivity contribution in [2.75, 3.05) is 26.3 Å². The predicted molar refractivity (Wildman–Crippen MR) is 114 cm³/mol. The minimum Gasteiger partial charge on any atom is -0.378 e. The highest BCUT2D eigenvalue weighted by Crippen LogP contribution is 2.43. The number of rotatable bonds is 2. The minimum atomic E-state index is 0.00499. The second-order valence-electron chi connectivity index (χ2n) is 6.97. The monoisotopic (exact) mass is 395 g/mol. The van der Waals surface area contributed by atoms with E-state index in [1.807, 2.05) is 16.5 Å². The van der Waals surface area contributed by atoms with Crippen LogP contribution in [0.4, 0.5) is 0 Å². The lowest BCUT2D eigenvalue weighted by Crippen LogP contribution is -2.41. The number of allylic oxidation sites excluding steroid dienone is 3. The van der Waals surface area contributed by atoms with Crippen molar-refractivity contribution in [3.05, 3.63) is 63.8 Å². The average molecular weight is 396 g/mol. The van der Waals surface area contributed by atoms with E-state index >= 15 is 0 Å². The fourth-order valence-corrected chi connectivity index (χ4v) is 4.80. The van der Waals surface area contributed by atoms with Gasteiger partial charge in [0.2, 0.25) is 0 Å². The average Bonchev–Trinajstić information content (AvgIpc) is 3.13. The SMILES string of the molecule is C/C=C1\C(=C/C)SCc2c(C(=O)N3CCOCC3)nn(-c3ccc(C)cc3)c21. The van der Waals surface area contributed by atoms with E-state index in [0.29, 0.717) is 32.0 Å². The van der Waals surface area contributed by atoms with Gasteiger partial charge < -0.3 is 9.64 Å². The summed E-state index contributed by atoms with van der Waals surface area (Å²) in [6.07, 6.45) is 4.26. The zero-order valence-electron chi connectivity index (χ0n) is 16.6. The molecule has 2 aliphatic heterocycles. The number of morpholine rings is 1. The largest absolute Gasteiger partial charge is 0.378 e. The molecule has 3 heterocycles. The Labute approximate surface area is 170 Å². The van der Waals surface area contributed by atoms with Crippen LogP contribution in [0.5, 0.6) is 0 Å². The third-order valence-electron chi connectivity index (χ3n) is 5.21. The number of thioether (sulfide) groups is 1. The molecule has 4 rings (SSSR count). The molecule has 5 nitrogen and oxygen atoms in total. The van der Waals surface area contributed by atoms with Crippen molar-refractivity contribution in [1.82, 2.24) is 14.7 Å². The molecular formula is C22H25N3O2S. The van der Waals surface area contributed by atoms with Crippen molar-refractivity contribution in [3.63, 3.8) is 0 Å². The van der Waals surface area contributed by atoms with Gasteiger partial charge in [-0.3, -0.25) is 4.79 Å². The molecule has 0 radical (unpaired) electrons. The standard InChI is InChI=1S/C22H25N3O2S/c1-4-17-19(5-2)28-14-18-20(22(26)24-10-12-27-13-11-24)23-25(21(17)18)16-8-6-15(3)7-9-16/h4-9H,10-14H2,1-3H3/b17-4+,19-5+. The molecule has 6 heteroatoms. The summed E-state index contributed by atoms with van der Waals surface area (Å²) in [5.41, 5.74) is 5.95. The van der Waals surface area contributed by atoms with Crippen molar-refractivity contribution >= 4 is 23.2 Å². The highest BCUT2D eigenvalue weighted by atomic mass is 32.2. The first-order chi connectivity index (χ1) is 13.6. The van der Waals surface area contributed by atoms with E-state index in [1.165, 1.54) is 10.5 Å². The number of amides is 1. The van der Waals surface area contributed by atoms with Gasteiger partial charge in [-0.05, 0) is 32.9 Å². The van der Waals surface area contributed by atoms with Gasteiger partial charge in [-0.2, -0.15) is 5.10 Å². The number of aromatic nitrogens is 2. The van der Waals surface area contributed by atoms with Crippen LogP contribution in [-0.2, 0) is 10.5 Å². The van der Waals surface area contributed by atoms with Crippen LogP contribution in [0.15, 0.2) is 41.3 Å². The molecule has 1 fully saturated rings. The van der Waals surface area contributed by atoms with Crippen LogP contribution in [0, 0.1) is 6.92 Å². The number of carbonyl (C=O) groups excluding carboxylic acids is 1.